The Kier molecular flexibility index (Phi) is 3.55. The van der Waals surface area contributed by atoms with Crippen molar-refractivity contribution in [2.75, 3.05) is 0 Å². The monoisotopic (exact) mass is 173 g/mol. The lowest BCUT2D eigenvalue weighted by molar-refractivity contribution is -0.142. The molecule has 0 heterocycles. The minimum atomic E-state index is -2.17. The smallest absolute Gasteiger partial charge is 0.241 e. The van der Waals surface area contributed by atoms with E-state index >= 15 is 0 Å². The van der Waals surface area contributed by atoms with Gasteiger partial charge in [0.1, 0.15) is 6.10 Å². The summed E-state index contributed by atoms with van der Waals surface area (Å²) < 4.78 is 0. The maximum absolute atomic E-state index is 11.1. The lowest BCUT2D eigenvalue weighted by atomic mass is 9.85. The Morgan fingerprint density at radius 1 is 1.42 bits per heavy atom. The summed E-state index contributed by atoms with van der Waals surface area (Å²) in [4.78, 5) is 21.4. The molecule has 0 aromatic rings. The summed E-state index contributed by atoms with van der Waals surface area (Å²) in [6.07, 6.45) is -0.0933. The molecule has 0 saturated carbocycles. The van der Waals surface area contributed by atoms with Gasteiger partial charge >= 0.3 is 0 Å². The molecular formula is C8H13O4. The van der Waals surface area contributed by atoms with E-state index < -0.39 is 23.4 Å². The van der Waals surface area contributed by atoms with E-state index in [-0.39, 0.29) is 0 Å². The average molecular weight is 173 g/mol. The van der Waals surface area contributed by atoms with Crippen molar-refractivity contribution in [2.45, 2.75) is 32.5 Å². The van der Waals surface area contributed by atoms with Crippen LogP contribution in [-0.2, 0) is 9.59 Å². The fourth-order valence-electron chi connectivity index (χ4n) is 0.771. The zero-order valence-electron chi connectivity index (χ0n) is 7.37. The zero-order chi connectivity index (χ0) is 9.94. The van der Waals surface area contributed by atoms with E-state index in [2.05, 4.69) is 0 Å². The van der Waals surface area contributed by atoms with Gasteiger partial charge in [0.15, 0.2) is 5.60 Å². The highest BCUT2D eigenvalue weighted by Gasteiger charge is 2.42. The van der Waals surface area contributed by atoms with Crippen molar-refractivity contribution in [3.05, 3.63) is 0 Å². The summed E-state index contributed by atoms with van der Waals surface area (Å²) in [7, 11) is 0. The minimum absolute atomic E-state index is 0.586. The molecule has 2 unspecified atom stereocenters. The number of rotatable bonds is 4. The van der Waals surface area contributed by atoms with Crippen molar-refractivity contribution in [3.8, 4) is 0 Å². The van der Waals surface area contributed by atoms with Gasteiger partial charge in [-0.2, -0.15) is 0 Å². The summed E-state index contributed by atoms with van der Waals surface area (Å²) in [5.74, 6) is -1.50. The number of aliphatic hydroxyl groups excluding tert-OH is 1. The van der Waals surface area contributed by atoms with Crippen LogP contribution in [0.1, 0.15) is 20.8 Å². The summed E-state index contributed by atoms with van der Waals surface area (Å²) in [6, 6.07) is 0. The molecule has 69 valence electrons. The first-order valence-corrected chi connectivity index (χ1v) is 3.70. The minimum Gasteiger partial charge on any atom is -0.385 e. The Morgan fingerprint density at radius 2 is 1.83 bits per heavy atom. The Balaban J connectivity index is 4.76. The summed E-state index contributed by atoms with van der Waals surface area (Å²) in [5, 5.41) is 18.3. The number of carbonyl (C=O) groups is 1. The molecule has 0 rings (SSSR count). The van der Waals surface area contributed by atoms with Crippen molar-refractivity contribution >= 4 is 12.1 Å². The Labute approximate surface area is 71.2 Å². The van der Waals surface area contributed by atoms with Crippen LogP contribution < -0.4 is 0 Å². The fraction of sp³-hybridized carbons (Fsp3) is 0.750. The quantitative estimate of drug-likeness (QED) is 0.558. The Hall–Kier alpha value is -0.740. The highest BCUT2D eigenvalue weighted by atomic mass is 16.3. The van der Waals surface area contributed by atoms with Crippen LogP contribution in [0.4, 0.5) is 0 Å². The number of aliphatic hydroxyl groups is 2. The van der Waals surface area contributed by atoms with Gasteiger partial charge in [-0.3, -0.25) is 9.59 Å². The first-order valence-electron chi connectivity index (χ1n) is 3.70. The van der Waals surface area contributed by atoms with Gasteiger partial charge in [0.05, 0.1) is 0 Å². The molecule has 2 N–H and O–H groups in total. The fourth-order valence-corrected chi connectivity index (χ4v) is 0.771. The largest absolute Gasteiger partial charge is 0.385 e. The molecule has 0 aliphatic carbocycles. The van der Waals surface area contributed by atoms with E-state index in [9.17, 15) is 14.7 Å². The van der Waals surface area contributed by atoms with Crippen LogP contribution >= 0.6 is 0 Å². The predicted molar refractivity (Wildman–Crippen MR) is 42.2 cm³/mol. The van der Waals surface area contributed by atoms with Gasteiger partial charge in [0, 0.05) is 0 Å². The van der Waals surface area contributed by atoms with Crippen LogP contribution in [0.5, 0.6) is 0 Å². The lowest BCUT2D eigenvalue weighted by Crippen LogP contribution is -2.49. The van der Waals surface area contributed by atoms with Crippen molar-refractivity contribution < 1.29 is 19.8 Å². The topological polar surface area (TPSA) is 74.6 Å². The molecule has 0 saturated heterocycles. The van der Waals surface area contributed by atoms with Crippen molar-refractivity contribution in [1.82, 2.24) is 0 Å². The van der Waals surface area contributed by atoms with Gasteiger partial charge < -0.3 is 10.2 Å². The molecule has 0 amide bonds. The standard InChI is InChI=1S/C8H13O4/c1-5(2)8(12,4-9)7(11)6(3)10/h5-6,10,12H,1-3H3. The van der Waals surface area contributed by atoms with Crippen LogP contribution in [0.2, 0.25) is 0 Å². The second kappa shape index (κ2) is 3.78. The van der Waals surface area contributed by atoms with Crippen LogP contribution in [0.25, 0.3) is 0 Å². The Morgan fingerprint density at radius 3 is 1.92 bits per heavy atom. The third-order valence-electron chi connectivity index (χ3n) is 1.75. The summed E-state index contributed by atoms with van der Waals surface area (Å²) in [5.41, 5.74) is -2.17. The van der Waals surface area contributed by atoms with Crippen molar-refractivity contribution in [1.29, 1.82) is 0 Å². The predicted octanol–water partition coefficient (Wildman–Crippen LogP) is -0.567. The number of ketones is 1. The second-order valence-corrected chi connectivity index (χ2v) is 3.06. The molecule has 2 atom stereocenters. The maximum atomic E-state index is 11.1. The van der Waals surface area contributed by atoms with Crippen molar-refractivity contribution in [3.63, 3.8) is 0 Å². The average Bonchev–Trinajstić information content (AvgIpc) is 2.01. The molecule has 4 nitrogen and oxygen atoms in total. The van der Waals surface area contributed by atoms with Crippen LogP contribution in [-0.4, -0.2) is 34.0 Å². The molecular weight excluding hydrogens is 160 g/mol. The second-order valence-electron chi connectivity index (χ2n) is 3.06. The van der Waals surface area contributed by atoms with Gasteiger partial charge in [-0.05, 0) is 12.8 Å². The number of carbonyl (C=O) groups excluding carboxylic acids is 2. The van der Waals surface area contributed by atoms with Gasteiger partial charge in [-0.25, -0.2) is 0 Å². The first-order chi connectivity index (χ1) is 5.36. The molecule has 0 aromatic carbocycles. The third-order valence-corrected chi connectivity index (χ3v) is 1.75. The molecule has 0 bridgehead atoms. The SMILES string of the molecule is CC(O)C(=O)C(O)([C]=O)C(C)C. The highest BCUT2D eigenvalue weighted by Crippen LogP contribution is 2.17. The zero-order valence-corrected chi connectivity index (χ0v) is 7.37. The molecule has 0 fully saturated rings. The molecule has 0 spiro atoms. The van der Waals surface area contributed by atoms with E-state index in [0.717, 1.165) is 0 Å². The van der Waals surface area contributed by atoms with Crippen LogP contribution in [0, 0.1) is 5.92 Å². The van der Waals surface area contributed by atoms with E-state index in [1.807, 2.05) is 0 Å². The molecule has 0 aliphatic heterocycles. The normalized spacial score (nSPS) is 18.5. The number of Topliss-reactive ketones (excluding diaryl/α,β-unsaturated/α-hetero) is 1. The first kappa shape index (κ1) is 11.3. The van der Waals surface area contributed by atoms with Gasteiger partial charge in [0.2, 0.25) is 12.1 Å². The van der Waals surface area contributed by atoms with E-state index in [1.165, 1.54) is 27.1 Å². The van der Waals surface area contributed by atoms with Crippen LogP contribution in [0.3, 0.4) is 0 Å². The van der Waals surface area contributed by atoms with Crippen LogP contribution in [0.15, 0.2) is 0 Å². The van der Waals surface area contributed by atoms with E-state index in [0.29, 0.717) is 0 Å². The van der Waals surface area contributed by atoms with E-state index in [4.69, 9.17) is 5.11 Å². The van der Waals surface area contributed by atoms with Gasteiger partial charge in [-0.1, -0.05) is 13.8 Å². The number of hydrogen-bond acceptors (Lipinski definition) is 4. The lowest BCUT2D eigenvalue weighted by Gasteiger charge is -2.24. The third kappa shape index (κ3) is 1.89. The summed E-state index contributed by atoms with van der Waals surface area (Å²) >= 11 is 0. The summed E-state index contributed by atoms with van der Waals surface area (Å²) in [6.45, 7) is 4.21. The highest BCUT2D eigenvalue weighted by molar-refractivity contribution is 6.03. The number of hydrogen-bond donors (Lipinski definition) is 2. The van der Waals surface area contributed by atoms with Gasteiger partial charge in [0.25, 0.3) is 0 Å². The molecule has 1 radical (unpaired) electrons. The van der Waals surface area contributed by atoms with Gasteiger partial charge in [-0.15, -0.1) is 0 Å². The molecule has 12 heavy (non-hydrogen) atoms. The van der Waals surface area contributed by atoms with Crippen molar-refractivity contribution in [2.24, 2.45) is 5.92 Å². The van der Waals surface area contributed by atoms with E-state index in [1.54, 1.807) is 0 Å². The molecule has 0 aromatic heterocycles. The Bertz CT molecular complexity index is 185. The maximum Gasteiger partial charge on any atom is 0.241 e. The molecule has 4 heteroatoms. The molecule has 0 aliphatic rings.